The lowest BCUT2D eigenvalue weighted by molar-refractivity contribution is 0.110. The van der Waals surface area contributed by atoms with E-state index in [0.29, 0.717) is 23.9 Å². The SMILES string of the molecule is CC(C)N(C)C1N(C)c2nc(Cl)nc(NC3CC4CC3CC4O)c2N1C. The number of nitrogens with zero attached hydrogens (tertiary/aromatic N) is 5. The van der Waals surface area contributed by atoms with Gasteiger partial charge in [-0.1, -0.05) is 0 Å². The Kier molecular flexibility index (Phi) is 4.44. The van der Waals surface area contributed by atoms with Gasteiger partial charge >= 0.3 is 0 Å². The van der Waals surface area contributed by atoms with E-state index in [0.717, 1.165) is 36.6 Å². The largest absolute Gasteiger partial charge is 0.393 e. The van der Waals surface area contributed by atoms with E-state index in [4.69, 9.17) is 11.6 Å². The van der Waals surface area contributed by atoms with Crippen LogP contribution in [0, 0.1) is 11.8 Å². The van der Waals surface area contributed by atoms with Crippen molar-refractivity contribution in [1.29, 1.82) is 0 Å². The van der Waals surface area contributed by atoms with Crippen LogP contribution in [-0.4, -0.2) is 65.6 Å². The third-order valence-electron chi connectivity index (χ3n) is 6.54. The van der Waals surface area contributed by atoms with Gasteiger partial charge in [-0.3, -0.25) is 4.90 Å². The maximum Gasteiger partial charge on any atom is 0.226 e. The number of aromatic nitrogens is 2. The van der Waals surface area contributed by atoms with E-state index in [2.05, 4.69) is 57.9 Å². The zero-order chi connectivity index (χ0) is 18.7. The number of anilines is 3. The van der Waals surface area contributed by atoms with Gasteiger partial charge in [0.1, 0.15) is 5.69 Å². The fourth-order valence-corrected chi connectivity index (χ4v) is 5.15. The van der Waals surface area contributed by atoms with Crippen LogP contribution < -0.4 is 15.1 Å². The molecule has 1 aromatic rings. The predicted octanol–water partition coefficient (Wildman–Crippen LogP) is 2.21. The van der Waals surface area contributed by atoms with Crippen LogP contribution in [0.25, 0.3) is 0 Å². The minimum Gasteiger partial charge on any atom is -0.393 e. The highest BCUT2D eigenvalue weighted by molar-refractivity contribution is 6.28. The van der Waals surface area contributed by atoms with E-state index in [-0.39, 0.29) is 17.7 Å². The molecule has 5 unspecified atom stereocenters. The van der Waals surface area contributed by atoms with Crippen LogP contribution in [0.3, 0.4) is 0 Å². The van der Waals surface area contributed by atoms with E-state index < -0.39 is 0 Å². The molecule has 2 saturated carbocycles. The highest BCUT2D eigenvalue weighted by Crippen LogP contribution is 2.48. The summed E-state index contributed by atoms with van der Waals surface area (Å²) in [6.45, 7) is 4.37. The van der Waals surface area contributed by atoms with Crippen molar-refractivity contribution < 1.29 is 5.11 Å². The molecule has 1 aromatic heterocycles. The van der Waals surface area contributed by atoms with E-state index in [1.165, 1.54) is 0 Å². The summed E-state index contributed by atoms with van der Waals surface area (Å²) in [5.74, 6) is 2.60. The van der Waals surface area contributed by atoms with Crippen molar-refractivity contribution in [3.05, 3.63) is 5.28 Å². The van der Waals surface area contributed by atoms with E-state index >= 15 is 0 Å². The van der Waals surface area contributed by atoms with Crippen molar-refractivity contribution in [3.63, 3.8) is 0 Å². The van der Waals surface area contributed by atoms with E-state index in [1.54, 1.807) is 0 Å². The number of hydrogen-bond donors (Lipinski definition) is 2. The van der Waals surface area contributed by atoms with Crippen LogP contribution in [0.2, 0.25) is 5.28 Å². The number of aliphatic hydroxyl groups excluding tert-OH is 1. The first-order valence-electron chi connectivity index (χ1n) is 9.47. The molecule has 26 heavy (non-hydrogen) atoms. The van der Waals surface area contributed by atoms with Gasteiger partial charge in [0.25, 0.3) is 0 Å². The molecule has 144 valence electrons. The number of nitrogens with one attached hydrogen (secondary N) is 1. The van der Waals surface area contributed by atoms with Gasteiger partial charge in [0.2, 0.25) is 5.28 Å². The molecular weight excluding hydrogens is 352 g/mol. The van der Waals surface area contributed by atoms with Gasteiger partial charge in [0.15, 0.2) is 17.9 Å². The fourth-order valence-electron chi connectivity index (χ4n) is 4.98. The lowest BCUT2D eigenvalue weighted by Gasteiger charge is -2.37. The Bertz CT molecular complexity index is 699. The minimum atomic E-state index is -0.129. The molecule has 0 spiro atoms. The van der Waals surface area contributed by atoms with Crippen LogP contribution in [0.4, 0.5) is 17.3 Å². The smallest absolute Gasteiger partial charge is 0.226 e. The topological polar surface area (TPSA) is 67.8 Å². The first kappa shape index (κ1) is 18.1. The van der Waals surface area contributed by atoms with Gasteiger partial charge in [-0.25, -0.2) is 0 Å². The van der Waals surface area contributed by atoms with Crippen LogP contribution in [0.15, 0.2) is 0 Å². The lowest BCUT2D eigenvalue weighted by Crippen LogP contribution is -2.53. The van der Waals surface area contributed by atoms with Gasteiger partial charge < -0.3 is 20.2 Å². The Balaban J connectivity index is 1.64. The average molecular weight is 381 g/mol. The number of rotatable bonds is 4. The van der Waals surface area contributed by atoms with Crippen molar-refractivity contribution in [3.8, 4) is 0 Å². The zero-order valence-electron chi connectivity index (χ0n) is 16.1. The zero-order valence-corrected chi connectivity index (χ0v) is 16.9. The fraction of sp³-hybridized carbons (Fsp3) is 0.778. The van der Waals surface area contributed by atoms with Crippen LogP contribution in [-0.2, 0) is 0 Å². The number of aliphatic hydroxyl groups is 1. The molecule has 5 atom stereocenters. The van der Waals surface area contributed by atoms with Gasteiger partial charge in [0, 0.05) is 26.2 Å². The Labute approximate surface area is 160 Å². The van der Waals surface area contributed by atoms with Crippen molar-refractivity contribution in [1.82, 2.24) is 14.9 Å². The molecule has 2 fully saturated rings. The number of fused-ring (bicyclic) bond motifs is 3. The Morgan fingerprint density at radius 1 is 1.15 bits per heavy atom. The molecular formula is C18H29ClN6O. The highest BCUT2D eigenvalue weighted by Gasteiger charge is 2.46. The molecule has 2 aliphatic carbocycles. The summed E-state index contributed by atoms with van der Waals surface area (Å²) in [4.78, 5) is 15.7. The first-order chi connectivity index (χ1) is 12.3. The first-order valence-corrected chi connectivity index (χ1v) is 9.85. The van der Waals surface area contributed by atoms with Crippen LogP contribution in [0.5, 0.6) is 0 Å². The van der Waals surface area contributed by atoms with E-state index in [1.807, 2.05) is 7.05 Å². The van der Waals surface area contributed by atoms with Gasteiger partial charge in [-0.15, -0.1) is 0 Å². The molecule has 8 heteroatoms. The molecule has 2 bridgehead atoms. The number of halogens is 1. The summed E-state index contributed by atoms with van der Waals surface area (Å²) < 4.78 is 0. The summed E-state index contributed by atoms with van der Waals surface area (Å²) >= 11 is 6.26. The summed E-state index contributed by atoms with van der Waals surface area (Å²) in [5.41, 5.74) is 0.998. The molecule has 0 saturated heterocycles. The Hall–Kier alpha value is -1.31. The third kappa shape index (κ3) is 2.72. The molecule has 0 aromatic carbocycles. The minimum absolute atomic E-state index is 0.0696. The molecule has 2 heterocycles. The van der Waals surface area contributed by atoms with Gasteiger partial charge in [0.05, 0.1) is 6.10 Å². The molecule has 4 rings (SSSR count). The van der Waals surface area contributed by atoms with Crippen LogP contribution in [0.1, 0.15) is 33.1 Å². The quantitative estimate of drug-likeness (QED) is 0.776. The maximum atomic E-state index is 10.0. The van der Waals surface area contributed by atoms with Crippen molar-refractivity contribution in [2.45, 2.75) is 57.6 Å². The summed E-state index contributed by atoms with van der Waals surface area (Å²) in [7, 11) is 6.25. The van der Waals surface area contributed by atoms with Crippen LogP contribution >= 0.6 is 11.6 Å². The second-order valence-corrected chi connectivity index (χ2v) is 8.72. The second-order valence-electron chi connectivity index (χ2n) is 8.39. The summed E-state index contributed by atoms with van der Waals surface area (Å²) in [6, 6.07) is 0.741. The molecule has 0 radical (unpaired) electrons. The Morgan fingerprint density at radius 3 is 2.46 bits per heavy atom. The lowest BCUT2D eigenvalue weighted by atomic mass is 9.93. The highest BCUT2D eigenvalue weighted by atomic mass is 35.5. The third-order valence-corrected chi connectivity index (χ3v) is 6.71. The molecule has 0 amide bonds. The van der Waals surface area contributed by atoms with Crippen molar-refractivity contribution in [2.24, 2.45) is 11.8 Å². The average Bonchev–Trinajstić information content (AvgIpc) is 3.19. The molecule has 7 nitrogen and oxygen atoms in total. The van der Waals surface area contributed by atoms with Crippen molar-refractivity contribution >= 4 is 28.9 Å². The Morgan fingerprint density at radius 2 is 1.88 bits per heavy atom. The molecule has 1 aliphatic heterocycles. The van der Waals surface area contributed by atoms with Gasteiger partial charge in [-0.05, 0) is 63.6 Å². The maximum absolute atomic E-state index is 10.0. The normalized spacial score (nSPS) is 32.9. The molecule has 3 aliphatic rings. The summed E-state index contributed by atoms with van der Waals surface area (Å²) in [6.07, 6.45) is 2.93. The predicted molar refractivity (Wildman–Crippen MR) is 105 cm³/mol. The standard InChI is InChI=1S/C18H29ClN6O/c1-9(2)23(3)18-24(4)14-15(21-17(19)22-16(14)25(18)5)20-12-7-11-6-10(12)8-13(11)26/h9-13,18,26H,6-8H2,1-5H3,(H,20,21,22). The second kappa shape index (κ2) is 6.39. The number of hydrogen-bond acceptors (Lipinski definition) is 7. The van der Waals surface area contributed by atoms with Gasteiger partial charge in [-0.2, -0.15) is 9.97 Å². The van der Waals surface area contributed by atoms with E-state index in [9.17, 15) is 5.11 Å². The summed E-state index contributed by atoms with van der Waals surface area (Å²) in [5, 5.41) is 13.9. The van der Waals surface area contributed by atoms with Crippen molar-refractivity contribution in [2.75, 3.05) is 36.3 Å². The monoisotopic (exact) mass is 380 g/mol. The molecule has 2 N–H and O–H groups in total.